The molecule has 0 radical (unpaired) electrons. The van der Waals surface area contributed by atoms with Crippen LogP contribution in [0.4, 0.5) is 10.1 Å². The van der Waals surface area contributed by atoms with Gasteiger partial charge in [0.2, 0.25) is 0 Å². The summed E-state index contributed by atoms with van der Waals surface area (Å²) >= 11 is 0. The molecule has 152 valence electrons. The number of rotatable bonds is 7. The Kier molecular flexibility index (Phi) is 5.56. The van der Waals surface area contributed by atoms with Crippen molar-refractivity contribution in [1.82, 2.24) is 14.9 Å². The molecule has 8 heteroatoms. The van der Waals surface area contributed by atoms with Gasteiger partial charge in [-0.15, -0.1) is 0 Å². The van der Waals surface area contributed by atoms with Gasteiger partial charge in [-0.2, -0.15) is 5.10 Å². The Labute approximate surface area is 172 Å². The molecule has 0 saturated carbocycles. The van der Waals surface area contributed by atoms with Crippen molar-refractivity contribution in [2.45, 2.75) is 20.1 Å². The average Bonchev–Trinajstić information content (AvgIpc) is 3.36. The lowest BCUT2D eigenvalue weighted by Crippen LogP contribution is -2.15. The number of ether oxygens (including phenoxy) is 1. The topological polar surface area (TPSA) is 82.2 Å². The fourth-order valence-electron chi connectivity index (χ4n) is 2.97. The first-order chi connectivity index (χ1) is 14.6. The molecule has 4 aromatic rings. The quantitative estimate of drug-likeness (QED) is 0.497. The van der Waals surface area contributed by atoms with Crippen molar-refractivity contribution < 1.29 is 18.4 Å². The largest absolute Gasteiger partial charge is 0.489 e. The van der Waals surface area contributed by atoms with E-state index in [2.05, 4.69) is 15.6 Å². The van der Waals surface area contributed by atoms with Crippen LogP contribution in [0.3, 0.4) is 0 Å². The number of anilines is 1. The minimum Gasteiger partial charge on any atom is -0.489 e. The molecule has 0 aliphatic heterocycles. The first-order valence-electron chi connectivity index (χ1n) is 9.30. The Balaban J connectivity index is 1.46. The first-order valence-corrected chi connectivity index (χ1v) is 9.30. The number of nitrogens with zero attached hydrogens (tertiary/aromatic N) is 3. The van der Waals surface area contributed by atoms with E-state index >= 15 is 0 Å². The lowest BCUT2D eigenvalue weighted by Gasteiger charge is -2.09. The third-order valence-corrected chi connectivity index (χ3v) is 4.47. The number of hydrogen-bond acceptors (Lipinski definition) is 5. The zero-order chi connectivity index (χ0) is 20.9. The van der Waals surface area contributed by atoms with Gasteiger partial charge in [-0.3, -0.25) is 9.48 Å². The molecule has 0 bridgehead atoms. The molecule has 1 amide bonds. The van der Waals surface area contributed by atoms with E-state index in [0.717, 1.165) is 5.56 Å². The van der Waals surface area contributed by atoms with E-state index in [9.17, 15) is 9.18 Å². The Morgan fingerprint density at radius 1 is 1.20 bits per heavy atom. The highest BCUT2D eigenvalue weighted by molar-refractivity contribution is 6.03. The summed E-state index contributed by atoms with van der Waals surface area (Å²) in [5.41, 5.74) is 2.25. The van der Waals surface area contributed by atoms with Gasteiger partial charge in [0.15, 0.2) is 5.69 Å². The molecule has 0 fully saturated rings. The molecular weight excluding hydrogens is 387 g/mol. The summed E-state index contributed by atoms with van der Waals surface area (Å²) in [6, 6.07) is 15.1. The van der Waals surface area contributed by atoms with E-state index in [1.54, 1.807) is 36.0 Å². The van der Waals surface area contributed by atoms with Gasteiger partial charge in [-0.1, -0.05) is 23.4 Å². The number of carbonyl (C=O) groups is 1. The lowest BCUT2D eigenvalue weighted by atomic mass is 10.1. The predicted molar refractivity (Wildman–Crippen MR) is 108 cm³/mol. The summed E-state index contributed by atoms with van der Waals surface area (Å²) in [4.78, 5) is 12.8. The van der Waals surface area contributed by atoms with E-state index in [1.165, 1.54) is 12.1 Å². The first kappa shape index (κ1) is 19.4. The van der Waals surface area contributed by atoms with Gasteiger partial charge in [0.25, 0.3) is 5.91 Å². The SMILES string of the molecule is Cc1onc(C(=O)Nc2cccc(Cn3cccn3)c2)c1COc1cccc(F)c1. The van der Waals surface area contributed by atoms with Crippen molar-refractivity contribution in [2.75, 3.05) is 5.32 Å². The highest BCUT2D eigenvalue weighted by Crippen LogP contribution is 2.20. The highest BCUT2D eigenvalue weighted by atomic mass is 19.1. The maximum Gasteiger partial charge on any atom is 0.278 e. The van der Waals surface area contributed by atoms with Crippen LogP contribution >= 0.6 is 0 Å². The number of benzene rings is 2. The molecule has 0 aliphatic carbocycles. The van der Waals surface area contributed by atoms with Crippen LogP contribution < -0.4 is 10.1 Å². The number of amides is 1. The molecule has 30 heavy (non-hydrogen) atoms. The lowest BCUT2D eigenvalue weighted by molar-refractivity contribution is 0.101. The van der Waals surface area contributed by atoms with E-state index in [-0.39, 0.29) is 12.3 Å². The van der Waals surface area contributed by atoms with Crippen LogP contribution in [-0.2, 0) is 13.2 Å². The maximum absolute atomic E-state index is 13.3. The van der Waals surface area contributed by atoms with Crippen LogP contribution in [0.2, 0.25) is 0 Å². The molecule has 1 N–H and O–H groups in total. The highest BCUT2D eigenvalue weighted by Gasteiger charge is 2.20. The van der Waals surface area contributed by atoms with Crippen LogP contribution in [0, 0.1) is 12.7 Å². The average molecular weight is 406 g/mol. The van der Waals surface area contributed by atoms with Crippen LogP contribution in [0.25, 0.3) is 0 Å². The van der Waals surface area contributed by atoms with Crippen molar-refractivity contribution in [3.8, 4) is 5.75 Å². The van der Waals surface area contributed by atoms with E-state index in [4.69, 9.17) is 9.26 Å². The Morgan fingerprint density at radius 2 is 2.07 bits per heavy atom. The fraction of sp³-hybridized carbons (Fsp3) is 0.136. The number of hydrogen-bond donors (Lipinski definition) is 1. The van der Waals surface area contributed by atoms with Gasteiger partial charge in [-0.05, 0) is 42.8 Å². The minimum atomic E-state index is -0.416. The Bertz CT molecular complexity index is 1150. The van der Waals surface area contributed by atoms with Crippen molar-refractivity contribution in [1.29, 1.82) is 0 Å². The van der Waals surface area contributed by atoms with Gasteiger partial charge in [-0.25, -0.2) is 4.39 Å². The van der Waals surface area contributed by atoms with Crippen molar-refractivity contribution in [3.05, 3.63) is 95.4 Å². The molecule has 0 saturated heterocycles. The molecule has 2 heterocycles. The molecule has 7 nitrogen and oxygen atoms in total. The Hall–Kier alpha value is -3.94. The summed E-state index contributed by atoms with van der Waals surface area (Å²) in [6.45, 7) is 2.31. The zero-order valence-corrected chi connectivity index (χ0v) is 16.2. The van der Waals surface area contributed by atoms with Crippen molar-refractivity contribution in [3.63, 3.8) is 0 Å². The molecule has 0 atom stereocenters. The summed E-state index contributed by atoms with van der Waals surface area (Å²) in [6.07, 6.45) is 3.58. The van der Waals surface area contributed by atoms with Crippen LogP contribution in [0.5, 0.6) is 5.75 Å². The molecule has 0 aliphatic rings. The summed E-state index contributed by atoms with van der Waals surface area (Å²) in [5, 5.41) is 10.9. The second-order valence-corrected chi connectivity index (χ2v) is 6.67. The van der Waals surface area contributed by atoms with Gasteiger partial charge < -0.3 is 14.6 Å². The molecule has 2 aromatic heterocycles. The smallest absolute Gasteiger partial charge is 0.278 e. The monoisotopic (exact) mass is 406 g/mol. The minimum absolute atomic E-state index is 0.0286. The number of halogens is 1. The van der Waals surface area contributed by atoms with Gasteiger partial charge in [0.05, 0.1) is 12.1 Å². The number of carbonyl (C=O) groups excluding carboxylic acids is 1. The van der Waals surface area contributed by atoms with Crippen LogP contribution in [0.15, 0.2) is 71.5 Å². The second kappa shape index (κ2) is 8.60. The maximum atomic E-state index is 13.3. The molecule has 0 unspecified atom stereocenters. The standard InChI is InChI=1S/C22H19FN4O3/c1-15-20(14-29-19-8-3-6-17(23)12-19)21(26-30-15)22(28)25-18-7-2-5-16(11-18)13-27-10-4-9-24-27/h2-12H,13-14H2,1H3,(H,25,28). The van der Waals surface area contributed by atoms with E-state index in [1.807, 2.05) is 30.5 Å². The molecule has 2 aromatic carbocycles. The normalized spacial score (nSPS) is 10.7. The van der Waals surface area contributed by atoms with Crippen molar-refractivity contribution in [2.24, 2.45) is 0 Å². The van der Waals surface area contributed by atoms with Gasteiger partial charge >= 0.3 is 0 Å². The van der Waals surface area contributed by atoms with Crippen LogP contribution in [-0.4, -0.2) is 20.8 Å². The van der Waals surface area contributed by atoms with E-state index < -0.39 is 11.7 Å². The Morgan fingerprint density at radius 3 is 2.87 bits per heavy atom. The number of nitrogens with one attached hydrogen (secondary N) is 1. The van der Waals surface area contributed by atoms with Crippen LogP contribution in [0.1, 0.15) is 27.4 Å². The third kappa shape index (κ3) is 4.54. The summed E-state index contributed by atoms with van der Waals surface area (Å²) in [7, 11) is 0. The third-order valence-electron chi connectivity index (χ3n) is 4.47. The van der Waals surface area contributed by atoms with Crippen molar-refractivity contribution >= 4 is 11.6 Å². The number of aromatic nitrogens is 3. The molecule has 0 spiro atoms. The van der Waals surface area contributed by atoms with Gasteiger partial charge in [0.1, 0.15) is 23.9 Å². The van der Waals surface area contributed by atoms with E-state index in [0.29, 0.717) is 29.3 Å². The molecular formula is C22H19FN4O3. The second-order valence-electron chi connectivity index (χ2n) is 6.67. The molecule has 4 rings (SSSR count). The van der Waals surface area contributed by atoms with Gasteiger partial charge in [0, 0.05) is 24.1 Å². The fourth-order valence-corrected chi connectivity index (χ4v) is 2.97. The predicted octanol–water partition coefficient (Wildman–Crippen LogP) is 4.20. The summed E-state index contributed by atoms with van der Waals surface area (Å²) < 4.78 is 25.9. The summed E-state index contributed by atoms with van der Waals surface area (Å²) in [5.74, 6) is 0.000647. The number of aryl methyl sites for hydroxylation is 1. The zero-order valence-electron chi connectivity index (χ0n) is 16.2.